The van der Waals surface area contributed by atoms with Crippen LogP contribution in [0.25, 0.3) is 0 Å². The van der Waals surface area contributed by atoms with Crippen LogP contribution in [0.1, 0.15) is 68.1 Å². The van der Waals surface area contributed by atoms with Crippen molar-refractivity contribution in [2.45, 2.75) is 64.3 Å². The van der Waals surface area contributed by atoms with Gasteiger partial charge >= 0.3 is 0 Å². The number of piperidine rings is 1. The second-order valence-corrected chi connectivity index (χ2v) is 8.83. The van der Waals surface area contributed by atoms with Crippen molar-refractivity contribution in [2.24, 2.45) is 0 Å². The van der Waals surface area contributed by atoms with Crippen molar-refractivity contribution < 1.29 is 9.21 Å². The summed E-state index contributed by atoms with van der Waals surface area (Å²) in [6, 6.07) is 13.0. The maximum Gasteiger partial charge on any atom is 0.223 e. The number of fused-ring (bicyclic) bond motifs is 2. The average molecular weight is 395 g/mol. The quantitative estimate of drug-likeness (QED) is 0.701. The van der Waals surface area contributed by atoms with E-state index in [4.69, 9.17) is 4.42 Å². The van der Waals surface area contributed by atoms with E-state index in [2.05, 4.69) is 49.1 Å². The fourth-order valence-corrected chi connectivity index (χ4v) is 5.53. The maximum atomic E-state index is 12.8. The number of benzene rings is 1. The van der Waals surface area contributed by atoms with Gasteiger partial charge in [-0.15, -0.1) is 0 Å². The highest BCUT2D eigenvalue weighted by Crippen LogP contribution is 2.52. The summed E-state index contributed by atoms with van der Waals surface area (Å²) in [6.07, 6.45) is 4.10. The highest BCUT2D eigenvalue weighted by Gasteiger charge is 2.45. The summed E-state index contributed by atoms with van der Waals surface area (Å²) in [5, 5.41) is 0. The average Bonchev–Trinajstić information content (AvgIpc) is 3.27. The van der Waals surface area contributed by atoms with Gasteiger partial charge in [0, 0.05) is 19.5 Å². The molecule has 2 heterocycles. The predicted molar refractivity (Wildman–Crippen MR) is 116 cm³/mol. The van der Waals surface area contributed by atoms with E-state index in [9.17, 15) is 4.79 Å². The van der Waals surface area contributed by atoms with Crippen LogP contribution < -0.4 is 0 Å². The zero-order valence-electron chi connectivity index (χ0n) is 18.1. The number of amides is 1. The lowest BCUT2D eigenvalue weighted by Gasteiger charge is -2.40. The molecule has 2 aromatic rings. The van der Waals surface area contributed by atoms with Gasteiger partial charge in [0.1, 0.15) is 11.5 Å². The van der Waals surface area contributed by atoms with Gasteiger partial charge in [-0.05, 0) is 87.7 Å². The zero-order valence-corrected chi connectivity index (χ0v) is 18.1. The van der Waals surface area contributed by atoms with Crippen LogP contribution in [0.2, 0.25) is 0 Å². The molecule has 0 saturated carbocycles. The summed E-state index contributed by atoms with van der Waals surface area (Å²) in [7, 11) is 0. The van der Waals surface area contributed by atoms with Gasteiger partial charge in [0.2, 0.25) is 5.91 Å². The van der Waals surface area contributed by atoms with Gasteiger partial charge in [-0.1, -0.05) is 24.3 Å². The Balaban J connectivity index is 1.46. The maximum absolute atomic E-state index is 12.8. The van der Waals surface area contributed by atoms with Crippen LogP contribution in [-0.2, 0) is 16.8 Å². The van der Waals surface area contributed by atoms with Crippen LogP contribution in [0, 0.1) is 6.92 Å². The summed E-state index contributed by atoms with van der Waals surface area (Å²) < 4.78 is 5.78. The monoisotopic (exact) mass is 394 g/mol. The van der Waals surface area contributed by atoms with Gasteiger partial charge in [-0.2, -0.15) is 0 Å². The lowest BCUT2D eigenvalue weighted by molar-refractivity contribution is -0.131. The standard InChI is InChI=1S/C25H34N2O2/c1-4-27(5-2)24(28)16-20-17-25(23-9-7-6-8-22(20)23)12-14-26(15-13-25)18-21-11-10-19(3)29-21/h6-11,20H,4-5,12-18H2,1-3H3/t20-/m1/s1. The number of hydrogen-bond donors (Lipinski definition) is 0. The Labute approximate surface area is 174 Å². The molecule has 4 nitrogen and oxygen atoms in total. The molecule has 1 saturated heterocycles. The number of carbonyl (C=O) groups is 1. The van der Waals surface area contributed by atoms with E-state index in [1.54, 1.807) is 0 Å². The fraction of sp³-hybridized carbons (Fsp3) is 0.560. The number of carbonyl (C=O) groups excluding carboxylic acids is 1. The van der Waals surface area contributed by atoms with Crippen molar-refractivity contribution in [3.05, 3.63) is 59.0 Å². The van der Waals surface area contributed by atoms with Crippen molar-refractivity contribution in [3.8, 4) is 0 Å². The van der Waals surface area contributed by atoms with Crippen LogP contribution in [0.3, 0.4) is 0 Å². The van der Waals surface area contributed by atoms with Gasteiger partial charge < -0.3 is 9.32 Å². The van der Waals surface area contributed by atoms with Crippen molar-refractivity contribution in [1.82, 2.24) is 9.80 Å². The number of nitrogens with zero attached hydrogens (tertiary/aromatic N) is 2. The van der Waals surface area contributed by atoms with Crippen LogP contribution in [-0.4, -0.2) is 41.9 Å². The molecule has 0 radical (unpaired) electrons. The Morgan fingerprint density at radius 1 is 1.14 bits per heavy atom. The first-order valence-corrected chi connectivity index (χ1v) is 11.2. The molecule has 4 rings (SSSR count). The number of rotatable bonds is 6. The van der Waals surface area contributed by atoms with Crippen molar-refractivity contribution in [3.63, 3.8) is 0 Å². The number of likely N-dealkylation sites (tertiary alicyclic amines) is 1. The number of furan rings is 1. The molecule has 0 unspecified atom stereocenters. The van der Waals surface area contributed by atoms with Crippen molar-refractivity contribution in [2.75, 3.05) is 26.2 Å². The summed E-state index contributed by atoms with van der Waals surface area (Å²) in [5.41, 5.74) is 3.16. The second-order valence-electron chi connectivity index (χ2n) is 8.83. The van der Waals surface area contributed by atoms with Crippen LogP contribution in [0.5, 0.6) is 0 Å². The van der Waals surface area contributed by atoms with Crippen LogP contribution in [0.4, 0.5) is 0 Å². The van der Waals surface area contributed by atoms with E-state index >= 15 is 0 Å². The largest absolute Gasteiger partial charge is 0.465 e. The predicted octanol–water partition coefficient (Wildman–Crippen LogP) is 4.87. The third kappa shape index (κ3) is 4.00. The van der Waals surface area contributed by atoms with E-state index in [0.29, 0.717) is 18.2 Å². The Bertz CT molecular complexity index is 844. The molecule has 4 heteroatoms. The molecule has 0 bridgehead atoms. The third-order valence-electron chi connectivity index (χ3n) is 7.13. The smallest absolute Gasteiger partial charge is 0.223 e. The molecule has 1 fully saturated rings. The lowest BCUT2D eigenvalue weighted by Crippen LogP contribution is -2.41. The third-order valence-corrected chi connectivity index (χ3v) is 7.13. The minimum Gasteiger partial charge on any atom is -0.465 e. The molecule has 29 heavy (non-hydrogen) atoms. The van der Waals surface area contributed by atoms with Gasteiger partial charge in [0.25, 0.3) is 0 Å². The molecule has 1 atom stereocenters. The molecule has 1 aliphatic carbocycles. The molecule has 2 aliphatic rings. The first kappa shape index (κ1) is 20.2. The Kier molecular flexibility index (Phi) is 5.82. The van der Waals surface area contributed by atoms with Crippen molar-refractivity contribution >= 4 is 5.91 Å². The molecule has 1 spiro atoms. The first-order valence-electron chi connectivity index (χ1n) is 11.2. The number of hydrogen-bond acceptors (Lipinski definition) is 3. The Morgan fingerprint density at radius 2 is 1.86 bits per heavy atom. The summed E-state index contributed by atoms with van der Waals surface area (Å²) in [5.74, 6) is 2.71. The highest BCUT2D eigenvalue weighted by molar-refractivity contribution is 5.77. The normalized spacial score (nSPS) is 20.7. The molecule has 1 aromatic heterocycles. The van der Waals surface area contributed by atoms with E-state index in [1.165, 1.54) is 24.0 Å². The molecular weight excluding hydrogens is 360 g/mol. The minimum atomic E-state index is 0.236. The van der Waals surface area contributed by atoms with Gasteiger partial charge in [-0.3, -0.25) is 9.69 Å². The first-order chi connectivity index (χ1) is 14.0. The van der Waals surface area contributed by atoms with Gasteiger partial charge in [0.15, 0.2) is 0 Å². The van der Waals surface area contributed by atoms with Gasteiger partial charge in [0.05, 0.1) is 6.54 Å². The summed E-state index contributed by atoms with van der Waals surface area (Å²) in [6.45, 7) is 10.8. The fourth-order valence-electron chi connectivity index (χ4n) is 5.53. The topological polar surface area (TPSA) is 36.7 Å². The van der Waals surface area contributed by atoms with E-state index in [0.717, 1.165) is 50.7 Å². The highest BCUT2D eigenvalue weighted by atomic mass is 16.3. The molecule has 1 aromatic carbocycles. The minimum absolute atomic E-state index is 0.236. The summed E-state index contributed by atoms with van der Waals surface area (Å²) >= 11 is 0. The Morgan fingerprint density at radius 3 is 2.52 bits per heavy atom. The lowest BCUT2D eigenvalue weighted by atomic mass is 9.73. The van der Waals surface area contributed by atoms with E-state index < -0.39 is 0 Å². The Hall–Kier alpha value is -2.07. The second kappa shape index (κ2) is 8.35. The van der Waals surface area contributed by atoms with Crippen LogP contribution in [0.15, 0.2) is 40.8 Å². The van der Waals surface area contributed by atoms with E-state index in [1.807, 2.05) is 17.9 Å². The molecule has 156 valence electrons. The van der Waals surface area contributed by atoms with Crippen molar-refractivity contribution in [1.29, 1.82) is 0 Å². The van der Waals surface area contributed by atoms with E-state index in [-0.39, 0.29) is 5.41 Å². The molecule has 1 amide bonds. The zero-order chi connectivity index (χ0) is 20.4. The molecule has 1 aliphatic heterocycles. The molecular formula is C25H34N2O2. The number of aryl methyl sites for hydroxylation is 1. The van der Waals surface area contributed by atoms with Gasteiger partial charge in [-0.25, -0.2) is 0 Å². The van der Waals surface area contributed by atoms with Crippen LogP contribution >= 0.6 is 0 Å². The SMILES string of the molecule is CCN(CC)C(=O)C[C@@H]1CC2(CCN(Cc3ccc(C)o3)CC2)c2ccccc21. The molecule has 0 N–H and O–H groups in total. The summed E-state index contributed by atoms with van der Waals surface area (Å²) in [4.78, 5) is 17.3.